The number of hydrogen-bond acceptors (Lipinski definition) is 6. The molecular weight excluding hydrogens is 140 g/mol. The molecule has 0 aromatic carbocycles. The van der Waals surface area contributed by atoms with Crippen molar-refractivity contribution in [2.75, 3.05) is 6.79 Å². The van der Waals surface area contributed by atoms with E-state index in [1.807, 2.05) is 0 Å². The molecule has 48 valence electrons. The molecule has 1 saturated heterocycles. The van der Waals surface area contributed by atoms with Gasteiger partial charge in [0.15, 0.2) is 0 Å². The Hall–Kier alpha value is -0.210. The van der Waals surface area contributed by atoms with Crippen molar-refractivity contribution in [1.29, 1.82) is 0 Å². The first kappa shape index (κ1) is 5.92. The molecule has 0 spiro atoms. The van der Waals surface area contributed by atoms with Crippen LogP contribution in [0.25, 0.3) is 0 Å². The maximum Gasteiger partial charge on any atom is 0.453 e. The lowest BCUT2D eigenvalue weighted by Crippen LogP contribution is -2.19. The van der Waals surface area contributed by atoms with E-state index in [9.17, 15) is 8.42 Å². The highest BCUT2D eigenvalue weighted by Gasteiger charge is 2.19. The predicted octanol–water partition coefficient (Wildman–Crippen LogP) is -0.901. The predicted molar refractivity (Wildman–Crippen MR) is 18.1 cm³/mol. The maximum atomic E-state index is 9.96. The van der Waals surface area contributed by atoms with Gasteiger partial charge in [0.05, 0.1) is 0 Å². The summed E-state index contributed by atoms with van der Waals surface area (Å²) in [6.07, 6.45) is 0. The van der Waals surface area contributed by atoms with Gasteiger partial charge in [-0.2, -0.15) is 18.2 Å². The van der Waals surface area contributed by atoms with Crippen LogP contribution in [0, 0.1) is 0 Å². The Kier molecular flexibility index (Phi) is 1.45. The molecule has 0 aromatic rings. The lowest BCUT2D eigenvalue weighted by atomic mass is 11.5. The van der Waals surface area contributed by atoms with Crippen molar-refractivity contribution < 1.29 is 26.9 Å². The van der Waals surface area contributed by atoms with E-state index in [2.05, 4.69) is 18.4 Å². The summed E-state index contributed by atoms with van der Waals surface area (Å²) in [5.74, 6) is 0. The molecule has 8 heavy (non-hydrogen) atoms. The summed E-state index contributed by atoms with van der Waals surface area (Å²) in [6, 6.07) is 0. The van der Waals surface area contributed by atoms with Gasteiger partial charge < -0.3 is 0 Å². The second kappa shape index (κ2) is 1.96. The Balaban J connectivity index is 2.58. The first-order chi connectivity index (χ1) is 3.71. The van der Waals surface area contributed by atoms with Gasteiger partial charge in [-0.05, 0) is 0 Å². The average molecular weight is 142 g/mol. The van der Waals surface area contributed by atoms with Gasteiger partial charge in [-0.25, -0.2) is 0 Å². The summed E-state index contributed by atoms with van der Waals surface area (Å²) in [4.78, 5) is 7.70. The lowest BCUT2D eigenvalue weighted by molar-refractivity contribution is -0.392. The van der Waals surface area contributed by atoms with Crippen molar-refractivity contribution in [2.45, 2.75) is 0 Å². The summed E-state index contributed by atoms with van der Waals surface area (Å²) in [6.45, 7) is -0.348. The highest BCUT2D eigenvalue weighted by molar-refractivity contribution is 7.81. The molecule has 1 rings (SSSR count). The molecule has 0 saturated carbocycles. The molecule has 0 radical (unpaired) electrons. The van der Waals surface area contributed by atoms with E-state index in [-0.39, 0.29) is 6.79 Å². The van der Waals surface area contributed by atoms with E-state index in [0.717, 1.165) is 0 Å². The van der Waals surface area contributed by atoms with Crippen LogP contribution < -0.4 is 0 Å². The van der Waals surface area contributed by atoms with Gasteiger partial charge in [0.2, 0.25) is 6.79 Å². The van der Waals surface area contributed by atoms with Gasteiger partial charge >= 0.3 is 10.4 Å². The Morgan fingerprint density at radius 3 is 1.88 bits per heavy atom. The first-order valence-electron chi connectivity index (χ1n) is 1.58. The molecule has 7 heteroatoms. The third kappa shape index (κ3) is 1.39. The second-order valence-corrected chi connectivity index (χ2v) is 1.99. The molecular formula is CH2O6S. The molecule has 1 aliphatic heterocycles. The van der Waals surface area contributed by atoms with Crippen LogP contribution in [0.3, 0.4) is 0 Å². The number of rotatable bonds is 0. The molecule has 1 fully saturated rings. The highest BCUT2D eigenvalue weighted by Crippen LogP contribution is 2.03. The van der Waals surface area contributed by atoms with Crippen molar-refractivity contribution in [3.63, 3.8) is 0 Å². The van der Waals surface area contributed by atoms with E-state index in [1.54, 1.807) is 0 Å². The molecule has 0 bridgehead atoms. The molecule has 0 N–H and O–H groups in total. The van der Waals surface area contributed by atoms with Gasteiger partial charge in [0, 0.05) is 0 Å². The van der Waals surface area contributed by atoms with Crippen molar-refractivity contribution >= 4 is 10.4 Å². The largest absolute Gasteiger partial charge is 0.453 e. The molecule has 0 aliphatic carbocycles. The third-order valence-corrected chi connectivity index (χ3v) is 0.885. The van der Waals surface area contributed by atoms with Gasteiger partial charge in [-0.15, -0.1) is 0 Å². The topological polar surface area (TPSA) is 71.1 Å². The van der Waals surface area contributed by atoms with E-state index in [4.69, 9.17) is 0 Å². The first-order valence-corrected chi connectivity index (χ1v) is 2.91. The van der Waals surface area contributed by atoms with Gasteiger partial charge in [0.1, 0.15) is 0 Å². The summed E-state index contributed by atoms with van der Waals surface area (Å²) < 4.78 is 27.1. The Labute approximate surface area is 45.1 Å². The molecule has 0 atom stereocenters. The second-order valence-electron chi connectivity index (χ2n) is 0.898. The van der Waals surface area contributed by atoms with Crippen LogP contribution in [0.1, 0.15) is 0 Å². The Morgan fingerprint density at radius 1 is 1.12 bits per heavy atom. The monoisotopic (exact) mass is 142 g/mol. The van der Waals surface area contributed by atoms with E-state index < -0.39 is 10.4 Å². The highest BCUT2D eigenvalue weighted by atomic mass is 32.3. The SMILES string of the molecule is O=S1(=O)OOCOO1. The maximum absolute atomic E-state index is 9.96. The molecule has 1 aliphatic rings. The van der Waals surface area contributed by atoms with Crippen molar-refractivity contribution in [3.05, 3.63) is 0 Å². The van der Waals surface area contributed by atoms with E-state index >= 15 is 0 Å². The molecule has 0 aromatic heterocycles. The fourth-order valence-corrected chi connectivity index (χ4v) is 0.525. The third-order valence-electron chi connectivity index (χ3n) is 0.359. The van der Waals surface area contributed by atoms with Crippen LogP contribution in [0.15, 0.2) is 0 Å². The zero-order valence-corrected chi connectivity index (χ0v) is 4.38. The molecule has 1 heterocycles. The standard InChI is InChI=1S/CH2O6S/c2-8(3)6-4-1-5-7-8/h1H2. The normalized spacial score (nSPS) is 27.5. The van der Waals surface area contributed by atoms with Gasteiger partial charge in [0.25, 0.3) is 0 Å². The van der Waals surface area contributed by atoms with Crippen LogP contribution in [0.5, 0.6) is 0 Å². The lowest BCUT2D eigenvalue weighted by Gasteiger charge is -2.07. The van der Waals surface area contributed by atoms with E-state index in [0.29, 0.717) is 0 Å². The zero-order valence-electron chi connectivity index (χ0n) is 3.56. The molecule has 6 nitrogen and oxygen atoms in total. The summed E-state index contributed by atoms with van der Waals surface area (Å²) in [5.41, 5.74) is 0. The summed E-state index contributed by atoms with van der Waals surface area (Å²) >= 11 is 0. The Morgan fingerprint density at radius 2 is 1.62 bits per heavy atom. The van der Waals surface area contributed by atoms with Crippen LogP contribution in [-0.4, -0.2) is 15.2 Å². The fraction of sp³-hybridized carbons (Fsp3) is 1.00. The van der Waals surface area contributed by atoms with Gasteiger partial charge in [-0.3, -0.25) is 0 Å². The van der Waals surface area contributed by atoms with E-state index in [1.165, 1.54) is 0 Å². The minimum absolute atomic E-state index is 0.348. The molecule has 0 unspecified atom stereocenters. The number of hydrogen-bond donors (Lipinski definition) is 0. The van der Waals surface area contributed by atoms with Crippen LogP contribution in [-0.2, 0) is 28.8 Å². The minimum atomic E-state index is -4.03. The van der Waals surface area contributed by atoms with Crippen LogP contribution >= 0.6 is 0 Å². The average Bonchev–Trinajstić information content (AvgIpc) is 1.65. The zero-order chi connectivity index (χ0) is 6.04. The van der Waals surface area contributed by atoms with Gasteiger partial charge in [-0.1, -0.05) is 8.67 Å². The van der Waals surface area contributed by atoms with Crippen LogP contribution in [0.2, 0.25) is 0 Å². The minimum Gasteiger partial charge on any atom is -0.186 e. The smallest absolute Gasteiger partial charge is 0.186 e. The Bertz CT molecular complexity index is 143. The fourth-order valence-electron chi connectivity index (χ4n) is 0.188. The van der Waals surface area contributed by atoms with Crippen molar-refractivity contribution in [2.24, 2.45) is 0 Å². The summed E-state index contributed by atoms with van der Waals surface area (Å²) in [7, 11) is -4.03. The summed E-state index contributed by atoms with van der Waals surface area (Å²) in [5, 5.41) is 0. The molecule has 0 amide bonds. The van der Waals surface area contributed by atoms with Crippen molar-refractivity contribution in [1.82, 2.24) is 0 Å². The van der Waals surface area contributed by atoms with Crippen LogP contribution in [0.4, 0.5) is 0 Å². The quantitative estimate of drug-likeness (QED) is 0.408. The van der Waals surface area contributed by atoms with Crippen molar-refractivity contribution in [3.8, 4) is 0 Å².